The van der Waals surface area contributed by atoms with E-state index in [1.54, 1.807) is 24.3 Å². The smallest absolute Gasteiger partial charge is 0.265 e. The number of aryl methyl sites for hydroxylation is 1. The molecule has 0 aliphatic rings. The van der Waals surface area contributed by atoms with E-state index in [4.69, 9.17) is 10.5 Å². The number of hydrogen-bond acceptors (Lipinski definition) is 3. The number of carbonyl (C=O) groups is 2. The zero-order chi connectivity index (χ0) is 17.7. The van der Waals surface area contributed by atoms with Gasteiger partial charge in [0.15, 0.2) is 6.10 Å². The summed E-state index contributed by atoms with van der Waals surface area (Å²) in [5.74, 6) is -0.0242. The fourth-order valence-corrected chi connectivity index (χ4v) is 2.27. The summed E-state index contributed by atoms with van der Waals surface area (Å²) < 4.78 is 5.89. The van der Waals surface area contributed by atoms with Gasteiger partial charge in [0.25, 0.3) is 5.91 Å². The van der Waals surface area contributed by atoms with Gasteiger partial charge in [-0.05, 0) is 61.7 Å². The predicted octanol–water partition coefficient (Wildman–Crippen LogP) is 3.20. The normalized spacial score (nSPS) is 11.6. The lowest BCUT2D eigenvalue weighted by Gasteiger charge is -2.19. The summed E-state index contributed by atoms with van der Waals surface area (Å²) in [6.45, 7) is 5.87. The highest BCUT2D eigenvalue weighted by molar-refractivity contribution is 5.96. The van der Waals surface area contributed by atoms with Gasteiger partial charge in [-0.2, -0.15) is 0 Å². The second-order valence-corrected chi connectivity index (χ2v) is 5.64. The first-order valence-electron chi connectivity index (χ1n) is 7.86. The number of rotatable bonds is 6. The number of benzene rings is 2. The molecule has 0 saturated heterocycles. The van der Waals surface area contributed by atoms with Crippen LogP contribution in [0, 0.1) is 13.8 Å². The number of primary amides is 1. The minimum Gasteiger partial charge on any atom is -0.480 e. The first kappa shape index (κ1) is 17.5. The molecule has 126 valence electrons. The quantitative estimate of drug-likeness (QED) is 0.855. The van der Waals surface area contributed by atoms with Crippen LogP contribution in [0.5, 0.6) is 5.75 Å². The lowest BCUT2D eigenvalue weighted by atomic mass is 10.1. The molecule has 2 amide bonds. The molecular formula is C19H22N2O3. The zero-order valence-corrected chi connectivity index (χ0v) is 14.1. The van der Waals surface area contributed by atoms with Crippen molar-refractivity contribution in [3.63, 3.8) is 0 Å². The van der Waals surface area contributed by atoms with E-state index in [2.05, 4.69) is 5.32 Å². The van der Waals surface area contributed by atoms with E-state index < -0.39 is 12.0 Å². The third-order valence-corrected chi connectivity index (χ3v) is 3.92. The van der Waals surface area contributed by atoms with Gasteiger partial charge in [-0.15, -0.1) is 0 Å². The molecule has 0 aliphatic carbocycles. The van der Waals surface area contributed by atoms with Gasteiger partial charge in [-0.1, -0.05) is 19.1 Å². The van der Waals surface area contributed by atoms with E-state index in [1.165, 1.54) is 0 Å². The summed E-state index contributed by atoms with van der Waals surface area (Å²) in [6.07, 6.45) is -0.0557. The summed E-state index contributed by atoms with van der Waals surface area (Å²) in [7, 11) is 0. The fraction of sp³-hybridized carbons (Fsp3) is 0.263. The lowest BCUT2D eigenvalue weighted by Crippen LogP contribution is -2.32. The Bertz CT molecular complexity index is 739. The number of nitrogens with one attached hydrogen (secondary N) is 1. The molecule has 0 fully saturated rings. The summed E-state index contributed by atoms with van der Waals surface area (Å²) in [4.78, 5) is 23.5. The lowest BCUT2D eigenvalue weighted by molar-refractivity contribution is -0.122. The van der Waals surface area contributed by atoms with Crippen molar-refractivity contribution >= 4 is 17.5 Å². The fourth-order valence-electron chi connectivity index (χ4n) is 2.27. The van der Waals surface area contributed by atoms with Crippen molar-refractivity contribution in [3.8, 4) is 5.75 Å². The van der Waals surface area contributed by atoms with Crippen molar-refractivity contribution in [2.24, 2.45) is 5.73 Å². The maximum Gasteiger partial charge on any atom is 0.265 e. The van der Waals surface area contributed by atoms with E-state index in [9.17, 15) is 9.59 Å². The molecule has 0 aromatic heterocycles. The molecule has 0 saturated carbocycles. The van der Waals surface area contributed by atoms with E-state index in [0.29, 0.717) is 23.4 Å². The van der Waals surface area contributed by atoms with E-state index in [0.717, 1.165) is 11.1 Å². The summed E-state index contributed by atoms with van der Waals surface area (Å²) in [6, 6.07) is 12.2. The van der Waals surface area contributed by atoms with Gasteiger partial charge in [0, 0.05) is 11.3 Å². The second-order valence-electron chi connectivity index (χ2n) is 5.64. The molecule has 0 heterocycles. The highest BCUT2D eigenvalue weighted by Crippen LogP contribution is 2.23. The Morgan fingerprint density at radius 2 is 1.79 bits per heavy atom. The molecule has 5 nitrogen and oxygen atoms in total. The van der Waals surface area contributed by atoms with E-state index in [1.807, 2.05) is 39.0 Å². The Kier molecular flexibility index (Phi) is 5.58. The molecule has 24 heavy (non-hydrogen) atoms. The van der Waals surface area contributed by atoms with Crippen LogP contribution in [0.25, 0.3) is 0 Å². The molecular weight excluding hydrogens is 304 g/mol. The number of amides is 2. The summed E-state index contributed by atoms with van der Waals surface area (Å²) in [5.41, 5.74) is 8.32. The third-order valence-electron chi connectivity index (χ3n) is 3.92. The molecule has 0 bridgehead atoms. The summed E-state index contributed by atoms with van der Waals surface area (Å²) >= 11 is 0. The Labute approximate surface area is 141 Å². The standard InChI is InChI=1S/C19H22N2O3/c1-4-16(24-17-7-5-6-12(2)13(17)3)19(23)21-15-10-8-14(9-11-15)18(20)22/h5-11,16H,4H2,1-3H3,(H2,20,22)(H,21,23)/t16-/m0/s1. The van der Waals surface area contributed by atoms with Crippen LogP contribution in [0.15, 0.2) is 42.5 Å². The van der Waals surface area contributed by atoms with Gasteiger partial charge in [0.2, 0.25) is 5.91 Å². The van der Waals surface area contributed by atoms with Crippen molar-refractivity contribution in [2.45, 2.75) is 33.3 Å². The minimum atomic E-state index is -0.596. The zero-order valence-electron chi connectivity index (χ0n) is 14.1. The predicted molar refractivity (Wildman–Crippen MR) is 94.2 cm³/mol. The number of ether oxygens (including phenoxy) is 1. The van der Waals surface area contributed by atoms with Crippen LogP contribution in [-0.2, 0) is 4.79 Å². The van der Waals surface area contributed by atoms with Gasteiger partial charge in [-0.3, -0.25) is 9.59 Å². The molecule has 2 aromatic rings. The van der Waals surface area contributed by atoms with Crippen molar-refractivity contribution in [2.75, 3.05) is 5.32 Å². The van der Waals surface area contributed by atoms with E-state index in [-0.39, 0.29) is 5.91 Å². The maximum atomic E-state index is 12.4. The van der Waals surface area contributed by atoms with Crippen molar-refractivity contribution in [1.82, 2.24) is 0 Å². The first-order chi connectivity index (χ1) is 11.4. The highest BCUT2D eigenvalue weighted by Gasteiger charge is 2.19. The van der Waals surface area contributed by atoms with Gasteiger partial charge >= 0.3 is 0 Å². The SMILES string of the molecule is CC[C@H](Oc1cccc(C)c1C)C(=O)Nc1ccc(C(N)=O)cc1. The maximum absolute atomic E-state index is 12.4. The number of hydrogen-bond donors (Lipinski definition) is 2. The molecule has 0 unspecified atom stereocenters. The average molecular weight is 326 g/mol. The number of anilines is 1. The van der Waals surface area contributed by atoms with Gasteiger partial charge in [-0.25, -0.2) is 0 Å². The minimum absolute atomic E-state index is 0.231. The Morgan fingerprint density at radius 3 is 2.38 bits per heavy atom. The van der Waals surface area contributed by atoms with Crippen molar-refractivity contribution in [3.05, 3.63) is 59.2 Å². The molecule has 2 rings (SSSR count). The van der Waals surface area contributed by atoms with E-state index >= 15 is 0 Å². The monoisotopic (exact) mass is 326 g/mol. The molecule has 0 aliphatic heterocycles. The van der Waals surface area contributed by atoms with Crippen LogP contribution in [0.1, 0.15) is 34.8 Å². The van der Waals surface area contributed by atoms with Crippen LogP contribution in [0.3, 0.4) is 0 Å². The molecule has 2 aromatic carbocycles. The number of nitrogens with two attached hydrogens (primary N) is 1. The largest absolute Gasteiger partial charge is 0.480 e. The van der Waals surface area contributed by atoms with Crippen molar-refractivity contribution in [1.29, 1.82) is 0 Å². The average Bonchev–Trinajstić information content (AvgIpc) is 2.56. The molecule has 0 spiro atoms. The van der Waals surface area contributed by atoms with Gasteiger partial charge < -0.3 is 15.8 Å². The third kappa shape index (κ3) is 4.13. The Hall–Kier alpha value is -2.82. The number of carbonyl (C=O) groups excluding carboxylic acids is 2. The Morgan fingerprint density at radius 1 is 1.12 bits per heavy atom. The van der Waals surface area contributed by atoms with Crippen molar-refractivity contribution < 1.29 is 14.3 Å². The molecule has 1 atom stereocenters. The summed E-state index contributed by atoms with van der Waals surface area (Å²) in [5, 5.41) is 2.80. The molecule has 3 N–H and O–H groups in total. The molecule has 0 radical (unpaired) electrons. The molecule has 5 heteroatoms. The van der Waals surface area contributed by atoms with Crippen LogP contribution in [-0.4, -0.2) is 17.9 Å². The second kappa shape index (κ2) is 7.64. The first-order valence-corrected chi connectivity index (χ1v) is 7.86. The van der Waals surface area contributed by atoms with Crippen LogP contribution in [0.4, 0.5) is 5.69 Å². The van der Waals surface area contributed by atoms with Crippen LogP contribution >= 0.6 is 0 Å². The van der Waals surface area contributed by atoms with Crippen LogP contribution < -0.4 is 15.8 Å². The van der Waals surface area contributed by atoms with Crippen LogP contribution in [0.2, 0.25) is 0 Å². The Balaban J connectivity index is 2.08. The highest BCUT2D eigenvalue weighted by atomic mass is 16.5. The topological polar surface area (TPSA) is 81.4 Å². The van der Waals surface area contributed by atoms with Gasteiger partial charge in [0.05, 0.1) is 0 Å². The van der Waals surface area contributed by atoms with Gasteiger partial charge in [0.1, 0.15) is 5.75 Å².